The second-order valence-electron chi connectivity index (χ2n) is 9.00. The van der Waals surface area contributed by atoms with Crippen molar-refractivity contribution < 1.29 is 32.7 Å². The van der Waals surface area contributed by atoms with Gasteiger partial charge in [-0.2, -0.15) is 13.2 Å². The number of nitrogens with zero attached hydrogens (tertiary/aromatic N) is 1. The van der Waals surface area contributed by atoms with Crippen LogP contribution in [0.1, 0.15) is 48.2 Å². The highest BCUT2D eigenvalue weighted by molar-refractivity contribution is 6.05. The number of carboxylic acid groups (broad SMARTS) is 1. The highest BCUT2D eigenvalue weighted by Gasteiger charge is 2.32. The van der Waals surface area contributed by atoms with Crippen LogP contribution in [0.4, 0.5) is 24.5 Å². The van der Waals surface area contributed by atoms with E-state index in [1.165, 1.54) is 18.2 Å². The number of carboxylic acids is 1. The Kier molecular flexibility index (Phi) is 9.32. The first-order valence-electron chi connectivity index (χ1n) is 12.2. The van der Waals surface area contributed by atoms with Crippen molar-refractivity contribution in [3.8, 4) is 0 Å². The number of amides is 2. The summed E-state index contributed by atoms with van der Waals surface area (Å²) < 4.78 is 40.5. The molecule has 0 bridgehead atoms. The summed E-state index contributed by atoms with van der Waals surface area (Å²) in [4.78, 5) is 40.7. The maximum atomic E-state index is 13.5. The molecule has 2 aromatic carbocycles. The van der Waals surface area contributed by atoms with Crippen LogP contribution in [0.5, 0.6) is 0 Å². The molecule has 2 amide bonds. The first kappa shape index (κ1) is 28.5. The third-order valence-corrected chi connectivity index (χ3v) is 6.01. The molecule has 0 spiro atoms. The van der Waals surface area contributed by atoms with E-state index in [4.69, 9.17) is 0 Å². The van der Waals surface area contributed by atoms with Crippen LogP contribution >= 0.6 is 0 Å². The second kappa shape index (κ2) is 12.4. The van der Waals surface area contributed by atoms with Crippen molar-refractivity contribution in [1.82, 2.24) is 10.6 Å². The fourth-order valence-electron chi connectivity index (χ4n) is 3.61. The van der Waals surface area contributed by atoms with E-state index in [1.54, 1.807) is 19.1 Å². The zero-order valence-corrected chi connectivity index (χ0v) is 21.0. The largest absolute Gasteiger partial charge is 0.480 e. The highest BCUT2D eigenvalue weighted by atomic mass is 19.4. The Morgan fingerprint density at radius 2 is 1.82 bits per heavy atom. The van der Waals surface area contributed by atoms with E-state index >= 15 is 0 Å². The smallest absolute Gasteiger partial charge is 0.416 e. The second-order valence-corrected chi connectivity index (χ2v) is 9.00. The third kappa shape index (κ3) is 7.95. The van der Waals surface area contributed by atoms with Gasteiger partial charge < -0.3 is 26.4 Å². The molecule has 3 rings (SSSR count). The van der Waals surface area contributed by atoms with Gasteiger partial charge in [0.05, 0.1) is 5.56 Å². The fraction of sp³-hybridized carbons (Fsp3) is 0.385. The van der Waals surface area contributed by atoms with Gasteiger partial charge in [-0.3, -0.25) is 14.6 Å². The van der Waals surface area contributed by atoms with Crippen LogP contribution in [0, 0.1) is 5.92 Å². The molecule has 0 fully saturated rings. The lowest BCUT2D eigenvalue weighted by atomic mass is 10.0. The van der Waals surface area contributed by atoms with Crippen LogP contribution in [0.25, 0.3) is 0 Å². The Morgan fingerprint density at radius 3 is 2.39 bits per heavy atom. The monoisotopic (exact) mass is 533 g/mol. The van der Waals surface area contributed by atoms with Gasteiger partial charge in [0.25, 0.3) is 5.91 Å². The maximum Gasteiger partial charge on any atom is 0.416 e. The molecule has 0 saturated heterocycles. The van der Waals surface area contributed by atoms with Crippen LogP contribution in [-0.4, -0.2) is 48.0 Å². The molecule has 12 heteroatoms. The standard InChI is InChI=1S/C26H30F3N5O4/c1-3-15(2)22(35)34-21(24(37)38)11-16-5-7-19(8-6-16)32-23(36)17-12-18(26(27,28)29)14-20(13-17)33-25-30-9-4-10-31-25/h5-8,12-15,21H,3-4,9-11H2,1-2H3,(H,32,36)(H,34,35)(H,37,38)(H2,30,31,33)/t15?,21-/m0/s1. The number of benzene rings is 2. The van der Waals surface area contributed by atoms with Gasteiger partial charge in [0, 0.05) is 42.4 Å². The molecule has 9 nitrogen and oxygen atoms in total. The number of anilines is 2. The molecule has 1 heterocycles. The minimum Gasteiger partial charge on any atom is -0.480 e. The molecule has 1 unspecified atom stereocenters. The molecule has 0 saturated carbocycles. The van der Waals surface area contributed by atoms with E-state index in [0.717, 1.165) is 18.6 Å². The predicted octanol–water partition coefficient (Wildman–Crippen LogP) is 3.88. The zero-order chi connectivity index (χ0) is 27.9. The highest BCUT2D eigenvalue weighted by Crippen LogP contribution is 2.32. The molecule has 2 atom stereocenters. The minimum atomic E-state index is -4.67. The number of alkyl halides is 3. The van der Waals surface area contributed by atoms with Crippen molar-refractivity contribution in [2.24, 2.45) is 10.9 Å². The van der Waals surface area contributed by atoms with Crippen molar-refractivity contribution in [1.29, 1.82) is 0 Å². The van der Waals surface area contributed by atoms with E-state index < -0.39 is 29.7 Å². The lowest BCUT2D eigenvalue weighted by molar-refractivity contribution is -0.142. The summed E-state index contributed by atoms with van der Waals surface area (Å²) in [6, 6.07) is 8.02. The number of rotatable bonds is 9. The van der Waals surface area contributed by atoms with Gasteiger partial charge >= 0.3 is 12.1 Å². The summed E-state index contributed by atoms with van der Waals surface area (Å²) >= 11 is 0. The van der Waals surface area contributed by atoms with E-state index in [2.05, 4.69) is 26.3 Å². The summed E-state index contributed by atoms with van der Waals surface area (Å²) in [7, 11) is 0. The van der Waals surface area contributed by atoms with E-state index in [9.17, 15) is 32.7 Å². The third-order valence-electron chi connectivity index (χ3n) is 6.01. The number of hydrogen-bond donors (Lipinski definition) is 5. The number of hydrogen-bond acceptors (Lipinski definition) is 6. The van der Waals surface area contributed by atoms with E-state index in [1.807, 2.05) is 6.92 Å². The summed E-state index contributed by atoms with van der Waals surface area (Å²) in [5.74, 6) is -2.28. The maximum absolute atomic E-state index is 13.5. The van der Waals surface area contributed by atoms with Crippen molar-refractivity contribution in [3.63, 3.8) is 0 Å². The predicted molar refractivity (Wildman–Crippen MR) is 137 cm³/mol. The van der Waals surface area contributed by atoms with Crippen LogP contribution < -0.4 is 21.3 Å². The number of aliphatic imine (C=N–C) groups is 1. The molecule has 0 radical (unpaired) electrons. The average molecular weight is 534 g/mol. The summed E-state index contributed by atoms with van der Waals surface area (Å²) in [5.41, 5.74) is -0.238. The first-order valence-corrected chi connectivity index (χ1v) is 12.2. The molecule has 1 aliphatic heterocycles. The molecule has 0 aliphatic carbocycles. The van der Waals surface area contributed by atoms with Crippen molar-refractivity contribution in [2.45, 2.75) is 45.3 Å². The van der Waals surface area contributed by atoms with Gasteiger partial charge in [0.15, 0.2) is 5.96 Å². The normalized spacial score (nSPS) is 14.9. The van der Waals surface area contributed by atoms with Crippen molar-refractivity contribution in [3.05, 3.63) is 59.2 Å². The Balaban J connectivity index is 1.72. The molecule has 0 aromatic heterocycles. The SMILES string of the molecule is CCC(C)C(=O)N[C@@H](Cc1ccc(NC(=O)c2cc(NC3=NCCCN3)cc(C(F)(F)F)c2)cc1)C(=O)O. The molecule has 2 aromatic rings. The summed E-state index contributed by atoms with van der Waals surface area (Å²) in [5, 5.41) is 20.3. The Morgan fingerprint density at radius 1 is 1.11 bits per heavy atom. The van der Waals surface area contributed by atoms with E-state index in [0.29, 0.717) is 36.7 Å². The molecule has 204 valence electrons. The van der Waals surface area contributed by atoms with Crippen LogP contribution in [0.2, 0.25) is 0 Å². The number of halogens is 3. The number of carbonyl (C=O) groups is 3. The quantitative estimate of drug-likeness (QED) is 0.333. The number of aliphatic carboxylic acids is 1. The molecule has 5 N–H and O–H groups in total. The summed E-state index contributed by atoms with van der Waals surface area (Å²) in [6.07, 6.45) is -3.26. The lowest BCUT2D eigenvalue weighted by Gasteiger charge is -2.18. The van der Waals surface area contributed by atoms with Crippen LogP contribution in [-0.2, 0) is 22.2 Å². The lowest BCUT2D eigenvalue weighted by Crippen LogP contribution is -2.44. The van der Waals surface area contributed by atoms with Crippen molar-refractivity contribution >= 4 is 35.1 Å². The molecular weight excluding hydrogens is 503 g/mol. The van der Waals surface area contributed by atoms with Crippen molar-refractivity contribution in [2.75, 3.05) is 23.7 Å². The number of nitrogens with one attached hydrogen (secondary N) is 4. The number of guanidine groups is 1. The minimum absolute atomic E-state index is 0.0202. The van der Waals surface area contributed by atoms with Gasteiger partial charge in [-0.25, -0.2) is 4.79 Å². The molecule has 1 aliphatic rings. The Hall–Kier alpha value is -4.09. The van der Waals surface area contributed by atoms with Gasteiger partial charge in [-0.05, 0) is 48.7 Å². The summed E-state index contributed by atoms with van der Waals surface area (Å²) in [6.45, 7) is 4.70. The fourth-order valence-corrected chi connectivity index (χ4v) is 3.61. The van der Waals surface area contributed by atoms with E-state index in [-0.39, 0.29) is 29.5 Å². The molecular formula is C26H30F3N5O4. The molecule has 38 heavy (non-hydrogen) atoms. The zero-order valence-electron chi connectivity index (χ0n) is 21.0. The average Bonchev–Trinajstić information content (AvgIpc) is 2.88. The van der Waals surface area contributed by atoms with Gasteiger partial charge in [-0.1, -0.05) is 26.0 Å². The van der Waals surface area contributed by atoms with Gasteiger partial charge in [0.1, 0.15) is 6.04 Å². The Bertz CT molecular complexity index is 1200. The van der Waals surface area contributed by atoms with Crippen LogP contribution in [0.3, 0.4) is 0 Å². The topological polar surface area (TPSA) is 132 Å². The van der Waals surface area contributed by atoms with Crippen LogP contribution in [0.15, 0.2) is 47.5 Å². The van der Waals surface area contributed by atoms with Gasteiger partial charge in [0.2, 0.25) is 5.91 Å². The first-order chi connectivity index (χ1) is 18.0. The Labute approximate surface area is 217 Å². The van der Waals surface area contributed by atoms with Gasteiger partial charge in [-0.15, -0.1) is 0 Å². The number of carbonyl (C=O) groups excluding carboxylic acids is 2.